The van der Waals surface area contributed by atoms with E-state index in [2.05, 4.69) is 127 Å². The Hall–Kier alpha value is -2.28. The first kappa shape index (κ1) is 31.4. The molecular weight excluding hydrogens is 408 g/mol. The van der Waals surface area contributed by atoms with E-state index in [0.717, 1.165) is 19.4 Å². The van der Waals surface area contributed by atoms with Gasteiger partial charge in [0.1, 0.15) is 0 Å². The van der Waals surface area contributed by atoms with Gasteiger partial charge in [0, 0.05) is 0 Å². The van der Waals surface area contributed by atoms with E-state index in [1.807, 2.05) is 0 Å². The molecule has 0 saturated carbocycles. The summed E-state index contributed by atoms with van der Waals surface area (Å²) in [6.45, 7) is 18.9. The molecule has 0 spiro atoms. The van der Waals surface area contributed by atoms with Crippen molar-refractivity contribution in [1.29, 1.82) is 0 Å². The van der Waals surface area contributed by atoms with E-state index in [0.29, 0.717) is 0 Å². The molecule has 7 heteroatoms. The molecule has 6 nitrogen and oxygen atoms in total. The van der Waals surface area contributed by atoms with Crippen LogP contribution in [0.2, 0.25) is 0 Å². The molecule has 2 aromatic rings. The van der Waals surface area contributed by atoms with Gasteiger partial charge < -0.3 is 0 Å². The van der Waals surface area contributed by atoms with Crippen molar-refractivity contribution in [3.8, 4) is 0 Å². The minimum atomic E-state index is 0.894. The van der Waals surface area contributed by atoms with Crippen molar-refractivity contribution in [2.24, 2.45) is 0 Å². The monoisotopic (exact) mass is 430 g/mol. The van der Waals surface area contributed by atoms with Crippen molar-refractivity contribution < 1.29 is 34.5 Å². The summed E-state index contributed by atoms with van der Waals surface area (Å²) in [7, 11) is 4.17. The van der Waals surface area contributed by atoms with Gasteiger partial charge in [0.05, 0.1) is 0 Å². The Balaban J connectivity index is -0.000000754. The van der Waals surface area contributed by atoms with E-state index in [1.54, 1.807) is 0 Å². The molecule has 0 saturated heterocycles. The van der Waals surface area contributed by atoms with Gasteiger partial charge in [-0.15, -0.1) is 0 Å². The molecule has 0 aromatic heterocycles. The summed E-state index contributed by atoms with van der Waals surface area (Å²) in [5.41, 5.74) is 2.70. The van der Waals surface area contributed by atoms with Crippen LogP contribution in [0.3, 0.4) is 0 Å². The predicted molar refractivity (Wildman–Crippen MR) is 101 cm³/mol. The molecule has 0 heterocycles. The zero-order valence-corrected chi connectivity index (χ0v) is 17.6. The third-order valence-electron chi connectivity index (χ3n) is 3.42. The normalized spacial score (nSPS) is 8.28. The zero-order valence-electron chi connectivity index (χ0n) is 16.3. The fraction of sp³-hybridized carbons (Fsp3) is 0.227. The van der Waals surface area contributed by atoms with Crippen molar-refractivity contribution in [2.75, 3.05) is 14.1 Å². The van der Waals surface area contributed by atoms with Crippen LogP contribution in [0, 0.1) is 26.6 Å². The van der Waals surface area contributed by atoms with E-state index in [-0.39, 0.29) is 0 Å². The van der Waals surface area contributed by atoms with E-state index in [1.165, 1.54) is 15.6 Å². The first-order valence-electron chi connectivity index (χ1n) is 8.04. The van der Waals surface area contributed by atoms with Crippen LogP contribution >= 0.6 is 0 Å². The third-order valence-corrected chi connectivity index (χ3v) is 4.06. The van der Waals surface area contributed by atoms with Crippen LogP contribution in [0.4, 0.5) is 0 Å². The number of hydrogen-bond donors (Lipinski definition) is 0. The van der Waals surface area contributed by atoms with Crippen LogP contribution in [-0.2, 0) is 47.4 Å². The molecule has 0 radical (unpaired) electrons. The van der Waals surface area contributed by atoms with Gasteiger partial charge in [-0.05, 0) is 0 Å². The third kappa shape index (κ3) is 15.3. The Kier molecular flexibility index (Phi) is 25.7. The van der Waals surface area contributed by atoms with Crippen LogP contribution < -0.4 is 0 Å². The number of hydrogen-bond acceptors (Lipinski definition) is 2. The van der Waals surface area contributed by atoms with E-state index in [4.69, 9.17) is 18.6 Å². The second-order valence-corrected chi connectivity index (χ2v) is 6.01. The SMILES string of the molecule is CN(C)N(Cc1ccccc1)[C](=[Cr])CCc1ccccc1.[C-]#[O+].[C-]#[O+].[C-]#[O+].[C-]#[O+]. The number of nitrogens with zero attached hydrogens (tertiary/aromatic N) is 2. The van der Waals surface area contributed by atoms with Gasteiger partial charge in [-0.2, -0.15) is 0 Å². The summed E-state index contributed by atoms with van der Waals surface area (Å²) < 4.78 is 31.3. The second-order valence-electron chi connectivity index (χ2n) is 5.27. The van der Waals surface area contributed by atoms with Crippen molar-refractivity contribution in [2.45, 2.75) is 19.4 Å². The minimum absolute atomic E-state index is 0.894. The van der Waals surface area contributed by atoms with Crippen molar-refractivity contribution in [1.82, 2.24) is 10.0 Å². The summed E-state index contributed by atoms with van der Waals surface area (Å²) in [6, 6.07) is 21.2. The summed E-state index contributed by atoms with van der Waals surface area (Å²) in [5, 5.41) is 4.43. The summed E-state index contributed by atoms with van der Waals surface area (Å²) in [5.74, 6) is 0. The molecule has 2 rings (SSSR count). The Morgan fingerprint density at radius 3 is 1.48 bits per heavy atom. The predicted octanol–water partition coefficient (Wildman–Crippen LogP) is 3.12. The number of aryl methyl sites for hydroxylation is 1. The van der Waals surface area contributed by atoms with Gasteiger partial charge in [0.15, 0.2) is 0 Å². The molecule has 0 unspecified atom stereocenters. The molecule has 0 aliphatic heterocycles. The average Bonchev–Trinajstić information content (AvgIpc) is 2.82. The topological polar surface area (TPSA) is 86.1 Å². The van der Waals surface area contributed by atoms with Gasteiger partial charge in [-0.3, -0.25) is 0 Å². The molecule has 0 aliphatic carbocycles. The van der Waals surface area contributed by atoms with Gasteiger partial charge in [-0.1, -0.05) is 0 Å². The van der Waals surface area contributed by atoms with Gasteiger partial charge >= 0.3 is 181 Å². The number of benzene rings is 2. The maximum atomic E-state index is 7.50. The number of hydrazine groups is 1. The van der Waals surface area contributed by atoms with Crippen LogP contribution in [0.25, 0.3) is 0 Å². The zero-order chi connectivity index (χ0) is 23.1. The fourth-order valence-corrected chi connectivity index (χ4v) is 2.75. The molecule has 0 N–H and O–H groups in total. The molecule has 150 valence electrons. The summed E-state index contributed by atoms with van der Waals surface area (Å²) >= 11 is 3.25. The fourth-order valence-electron chi connectivity index (χ4n) is 2.23. The molecule has 0 bridgehead atoms. The van der Waals surface area contributed by atoms with Crippen LogP contribution in [0.15, 0.2) is 60.7 Å². The van der Waals surface area contributed by atoms with Crippen LogP contribution in [-0.4, -0.2) is 28.6 Å². The first-order valence-corrected chi connectivity index (χ1v) is 8.67. The quantitative estimate of drug-likeness (QED) is 0.384. The molecule has 0 aliphatic rings. The van der Waals surface area contributed by atoms with Crippen molar-refractivity contribution in [3.05, 3.63) is 98.4 Å². The van der Waals surface area contributed by atoms with E-state index in [9.17, 15) is 0 Å². The van der Waals surface area contributed by atoms with Gasteiger partial charge in [0.2, 0.25) is 0 Å². The van der Waals surface area contributed by atoms with Crippen molar-refractivity contribution >= 4 is 4.50 Å². The standard InChI is InChI=1S/C18H22N2.4CO.Cr/c1-19(2)20(16-18-12-7-4-8-13-18)15-9-14-17-10-5-3-6-11-17;4*1-2;/h3-8,10-13H,9,14,16H2,1-2H3;;;;;. The Labute approximate surface area is 180 Å². The van der Waals surface area contributed by atoms with Crippen molar-refractivity contribution in [3.63, 3.8) is 0 Å². The van der Waals surface area contributed by atoms with Crippen LogP contribution in [0.5, 0.6) is 0 Å². The molecular formula is C22H22CrN2O4. The second kappa shape index (κ2) is 23.8. The Morgan fingerprint density at radius 1 is 0.724 bits per heavy atom. The van der Waals surface area contributed by atoms with E-state index >= 15 is 0 Å². The summed E-state index contributed by atoms with van der Waals surface area (Å²) in [4.78, 5) is 0. The van der Waals surface area contributed by atoms with Gasteiger partial charge in [0.25, 0.3) is 0 Å². The van der Waals surface area contributed by atoms with Crippen LogP contribution in [0.1, 0.15) is 17.5 Å². The molecule has 29 heavy (non-hydrogen) atoms. The first-order chi connectivity index (χ1) is 14.2. The number of rotatable bonds is 7. The Morgan fingerprint density at radius 2 is 1.10 bits per heavy atom. The van der Waals surface area contributed by atoms with Gasteiger partial charge in [-0.25, -0.2) is 0 Å². The Bertz CT molecular complexity index is 702. The van der Waals surface area contributed by atoms with E-state index < -0.39 is 0 Å². The molecule has 0 fully saturated rings. The molecule has 0 amide bonds. The summed E-state index contributed by atoms with van der Waals surface area (Å²) in [6.07, 6.45) is 2.08. The molecule has 0 atom stereocenters. The molecule has 2 aromatic carbocycles. The average molecular weight is 430 g/mol. The maximum absolute atomic E-state index is 7.50.